The van der Waals surface area contributed by atoms with Crippen LogP contribution in [0.1, 0.15) is 48.8 Å². The van der Waals surface area contributed by atoms with Crippen molar-refractivity contribution in [3.63, 3.8) is 0 Å². The summed E-state index contributed by atoms with van der Waals surface area (Å²) >= 11 is 0. The van der Waals surface area contributed by atoms with Crippen LogP contribution in [0.3, 0.4) is 0 Å². The third-order valence-electron chi connectivity index (χ3n) is 9.00. The number of ether oxygens (including phenoxy) is 1. The maximum Gasteiger partial charge on any atom is 0.319 e. The Balaban J connectivity index is 1.43. The molecule has 0 bridgehead atoms. The second-order valence-corrected chi connectivity index (χ2v) is 11.7. The topological polar surface area (TPSA) is 120 Å². The molecule has 0 aromatic heterocycles. The first-order valence-electron chi connectivity index (χ1n) is 15.1. The molecule has 3 atom stereocenters. The molecule has 0 saturated carbocycles. The number of rotatable bonds is 12. The summed E-state index contributed by atoms with van der Waals surface area (Å²) in [6.45, 7) is 5.96. The number of likely N-dealkylation sites (N-methyl/N-ethyl adjacent to an activating group) is 1. The van der Waals surface area contributed by atoms with Gasteiger partial charge in [-0.25, -0.2) is 4.79 Å². The second-order valence-electron chi connectivity index (χ2n) is 11.7. The van der Waals surface area contributed by atoms with Crippen LogP contribution in [0.4, 0.5) is 10.5 Å². The van der Waals surface area contributed by atoms with E-state index < -0.39 is 17.9 Å². The molecule has 2 aromatic carbocycles. The van der Waals surface area contributed by atoms with Gasteiger partial charge in [0.05, 0.1) is 19.1 Å². The van der Waals surface area contributed by atoms with Gasteiger partial charge in [0.2, 0.25) is 5.91 Å². The number of fused-ring (bicyclic) bond motifs is 1. The number of nitrogens with zero attached hydrogens (tertiary/aromatic N) is 4. The molecule has 10 nitrogen and oxygen atoms in total. The van der Waals surface area contributed by atoms with Crippen molar-refractivity contribution in [2.24, 2.45) is 11.7 Å². The molecule has 2 saturated heterocycles. The number of carboxylic acid groups (broad SMARTS) is 1. The highest BCUT2D eigenvalue weighted by Crippen LogP contribution is 2.41. The van der Waals surface area contributed by atoms with E-state index in [1.165, 1.54) is 0 Å². The Bertz CT molecular complexity index is 1300. The number of urea groups is 1. The first-order valence-corrected chi connectivity index (χ1v) is 15.1. The van der Waals surface area contributed by atoms with Gasteiger partial charge in [-0.1, -0.05) is 37.6 Å². The number of likely N-dealkylation sites (tertiary alicyclic amines) is 1. The molecule has 3 amide bonds. The minimum absolute atomic E-state index is 0.0387. The summed E-state index contributed by atoms with van der Waals surface area (Å²) in [7, 11) is 1.78. The number of benzene rings is 2. The van der Waals surface area contributed by atoms with Crippen molar-refractivity contribution >= 4 is 23.6 Å². The van der Waals surface area contributed by atoms with Crippen LogP contribution >= 0.6 is 0 Å². The average Bonchev–Trinajstić information content (AvgIpc) is 3.69. The van der Waals surface area contributed by atoms with Crippen LogP contribution < -0.4 is 15.4 Å². The summed E-state index contributed by atoms with van der Waals surface area (Å²) in [6.07, 6.45) is 3.07. The zero-order chi connectivity index (χ0) is 29.8. The Kier molecular flexibility index (Phi) is 9.33. The van der Waals surface area contributed by atoms with Gasteiger partial charge in [0.1, 0.15) is 5.75 Å². The largest absolute Gasteiger partial charge is 0.493 e. The first-order chi connectivity index (χ1) is 20.3. The maximum atomic E-state index is 14.0. The zero-order valence-corrected chi connectivity index (χ0v) is 24.7. The van der Waals surface area contributed by atoms with Gasteiger partial charge in [0.25, 0.3) is 0 Å². The lowest BCUT2D eigenvalue weighted by Crippen LogP contribution is -2.46. The summed E-state index contributed by atoms with van der Waals surface area (Å²) in [5.41, 5.74) is 9.71. The number of anilines is 1. The predicted octanol–water partition coefficient (Wildman–Crippen LogP) is 3.14. The van der Waals surface area contributed by atoms with Crippen LogP contribution in [0, 0.1) is 5.92 Å². The van der Waals surface area contributed by atoms with Gasteiger partial charge >= 0.3 is 12.0 Å². The third-order valence-corrected chi connectivity index (χ3v) is 9.00. The van der Waals surface area contributed by atoms with Crippen molar-refractivity contribution in [2.75, 3.05) is 57.8 Å². The van der Waals surface area contributed by atoms with Crippen LogP contribution in [0.2, 0.25) is 0 Å². The number of unbranched alkanes of at least 4 members (excludes halogenated alkanes) is 1. The van der Waals surface area contributed by atoms with Gasteiger partial charge in [-0.3, -0.25) is 14.5 Å². The molecule has 3 aliphatic heterocycles. The Morgan fingerprint density at radius 3 is 2.71 bits per heavy atom. The van der Waals surface area contributed by atoms with Gasteiger partial charge in [-0.15, -0.1) is 0 Å². The van der Waals surface area contributed by atoms with Crippen molar-refractivity contribution in [2.45, 2.75) is 51.1 Å². The number of hydrogen-bond acceptors (Lipinski definition) is 6. The summed E-state index contributed by atoms with van der Waals surface area (Å²) in [6, 6.07) is 13.3. The van der Waals surface area contributed by atoms with Crippen molar-refractivity contribution in [3.05, 3.63) is 59.2 Å². The van der Waals surface area contributed by atoms with Crippen LogP contribution in [0.25, 0.3) is 0 Å². The lowest BCUT2D eigenvalue weighted by Gasteiger charge is -2.31. The smallest absolute Gasteiger partial charge is 0.319 e. The molecule has 0 radical (unpaired) electrons. The molecule has 2 aromatic rings. The Hall–Kier alpha value is -3.63. The van der Waals surface area contributed by atoms with Gasteiger partial charge < -0.3 is 30.3 Å². The van der Waals surface area contributed by atoms with Crippen LogP contribution in [-0.2, 0) is 22.6 Å². The monoisotopic (exact) mass is 577 g/mol. The van der Waals surface area contributed by atoms with E-state index in [1.807, 2.05) is 46.2 Å². The molecule has 0 spiro atoms. The van der Waals surface area contributed by atoms with Crippen molar-refractivity contribution in [3.8, 4) is 5.75 Å². The predicted molar refractivity (Wildman–Crippen MR) is 161 cm³/mol. The van der Waals surface area contributed by atoms with Gasteiger partial charge in [-0.05, 0) is 47.7 Å². The van der Waals surface area contributed by atoms with Crippen molar-refractivity contribution in [1.82, 2.24) is 14.7 Å². The van der Waals surface area contributed by atoms with E-state index in [2.05, 4.69) is 13.0 Å². The fraction of sp³-hybridized carbons (Fsp3) is 0.531. The maximum absolute atomic E-state index is 14.0. The van der Waals surface area contributed by atoms with Gasteiger partial charge in [0.15, 0.2) is 0 Å². The van der Waals surface area contributed by atoms with E-state index in [1.54, 1.807) is 16.8 Å². The highest BCUT2D eigenvalue weighted by atomic mass is 16.5. The van der Waals surface area contributed by atoms with Crippen molar-refractivity contribution < 1.29 is 24.2 Å². The van der Waals surface area contributed by atoms with Crippen LogP contribution in [-0.4, -0.2) is 96.7 Å². The van der Waals surface area contributed by atoms with Crippen LogP contribution in [0.15, 0.2) is 42.5 Å². The molecule has 5 rings (SSSR count). The molecule has 2 fully saturated rings. The second kappa shape index (κ2) is 13.1. The molecular weight excluding hydrogens is 534 g/mol. The Morgan fingerprint density at radius 2 is 2.00 bits per heavy atom. The van der Waals surface area contributed by atoms with E-state index in [0.717, 1.165) is 47.4 Å². The fourth-order valence-electron chi connectivity index (χ4n) is 6.65. The number of amides is 3. The Labute approximate surface area is 248 Å². The summed E-state index contributed by atoms with van der Waals surface area (Å²) < 4.78 is 5.69. The molecule has 3 heterocycles. The molecule has 0 unspecified atom stereocenters. The number of carbonyl (C=O) groups is 3. The van der Waals surface area contributed by atoms with E-state index in [9.17, 15) is 19.5 Å². The number of aliphatic carboxylic acids is 1. The normalized spacial score (nSPS) is 22.0. The zero-order valence-electron chi connectivity index (χ0n) is 24.7. The number of carboxylic acids is 1. The quantitative estimate of drug-likeness (QED) is 0.398. The first kappa shape index (κ1) is 29.8. The van der Waals surface area contributed by atoms with Crippen molar-refractivity contribution in [1.29, 1.82) is 0 Å². The van der Waals surface area contributed by atoms with Gasteiger partial charge in [0, 0.05) is 70.4 Å². The Morgan fingerprint density at radius 1 is 1.17 bits per heavy atom. The SMILES string of the molecule is CCCCN(C(=O)CN1C[C@H](c2ccc3c(c2)CCO3)[C@@H](C(=O)O)[C@@H]1CCN1CCN(C)C1=O)c1cccc(CN)c1. The molecule has 10 heteroatoms. The molecule has 3 N–H and O–H groups in total. The minimum atomic E-state index is -0.875. The molecule has 42 heavy (non-hydrogen) atoms. The molecular formula is C32H43N5O5. The number of nitrogens with two attached hydrogens (primary N) is 1. The summed E-state index contributed by atoms with van der Waals surface area (Å²) in [5.74, 6) is -1.08. The third kappa shape index (κ3) is 6.24. The van der Waals surface area contributed by atoms with E-state index in [4.69, 9.17) is 10.5 Å². The molecule has 226 valence electrons. The lowest BCUT2D eigenvalue weighted by molar-refractivity contribution is -0.143. The lowest BCUT2D eigenvalue weighted by atomic mass is 9.83. The van der Waals surface area contributed by atoms with E-state index in [-0.39, 0.29) is 24.4 Å². The molecule has 0 aliphatic carbocycles. The average molecular weight is 578 g/mol. The van der Waals surface area contributed by atoms with E-state index in [0.29, 0.717) is 52.3 Å². The summed E-state index contributed by atoms with van der Waals surface area (Å²) in [5, 5.41) is 10.6. The standard InChI is InChI=1S/C32H43N5O5/c1-3-4-12-37(25-7-5-6-22(17-25)19-33)29(38)21-36-20-26(23-8-9-28-24(18-23)11-16-42-28)30(31(39)40)27(36)10-13-35-15-14-34(2)32(35)41/h5-9,17-18,26-27,30H,3-4,10-16,19-21,33H2,1-2H3,(H,39,40)/t26-,27+,30-/m1/s1. The molecule has 3 aliphatic rings. The minimum Gasteiger partial charge on any atom is -0.493 e. The number of hydrogen-bond donors (Lipinski definition) is 2. The highest BCUT2D eigenvalue weighted by Gasteiger charge is 2.47. The fourth-order valence-corrected chi connectivity index (χ4v) is 6.65. The van der Waals surface area contributed by atoms with Crippen LogP contribution in [0.5, 0.6) is 5.75 Å². The van der Waals surface area contributed by atoms with E-state index >= 15 is 0 Å². The van der Waals surface area contributed by atoms with Gasteiger partial charge in [-0.2, -0.15) is 0 Å². The summed E-state index contributed by atoms with van der Waals surface area (Å²) in [4.78, 5) is 46.8. The number of carbonyl (C=O) groups excluding carboxylic acids is 2. The highest BCUT2D eigenvalue weighted by molar-refractivity contribution is 5.95.